The van der Waals surface area contributed by atoms with E-state index in [0.717, 1.165) is 21.3 Å². The lowest BCUT2D eigenvalue weighted by Crippen LogP contribution is -2.01. The molecular formula is C15H15BrFNO. The Balaban J connectivity index is 2.03. The maximum atomic E-state index is 13.0. The van der Waals surface area contributed by atoms with E-state index in [4.69, 9.17) is 4.74 Å². The average molecular weight is 324 g/mol. The third kappa shape index (κ3) is 4.04. The highest BCUT2D eigenvalue weighted by Gasteiger charge is 2.02. The van der Waals surface area contributed by atoms with Gasteiger partial charge < -0.3 is 10.1 Å². The Hall–Kier alpha value is -1.39. The molecule has 0 fully saturated rings. The van der Waals surface area contributed by atoms with Crippen LogP contribution in [-0.4, -0.2) is 7.11 Å². The minimum Gasteiger partial charge on any atom is -0.381 e. The molecule has 0 aliphatic carbocycles. The van der Waals surface area contributed by atoms with Crippen molar-refractivity contribution in [3.8, 4) is 0 Å². The van der Waals surface area contributed by atoms with Crippen LogP contribution in [0.2, 0.25) is 0 Å². The predicted octanol–water partition coefficient (Wildman–Crippen LogP) is 4.35. The first-order valence-corrected chi connectivity index (χ1v) is 6.74. The van der Waals surface area contributed by atoms with Gasteiger partial charge in [-0.1, -0.05) is 34.1 Å². The van der Waals surface area contributed by atoms with E-state index in [1.807, 2.05) is 24.3 Å². The number of nitrogens with one attached hydrogen (secondary N) is 1. The number of benzene rings is 2. The lowest BCUT2D eigenvalue weighted by molar-refractivity contribution is 0.185. The molecule has 0 heterocycles. The van der Waals surface area contributed by atoms with E-state index >= 15 is 0 Å². The van der Waals surface area contributed by atoms with Crippen molar-refractivity contribution in [2.24, 2.45) is 0 Å². The predicted molar refractivity (Wildman–Crippen MR) is 78.6 cm³/mol. The molecule has 0 spiro atoms. The van der Waals surface area contributed by atoms with E-state index in [9.17, 15) is 4.39 Å². The van der Waals surface area contributed by atoms with E-state index in [-0.39, 0.29) is 5.82 Å². The Kier molecular flexibility index (Phi) is 4.93. The smallest absolute Gasteiger partial charge is 0.124 e. The summed E-state index contributed by atoms with van der Waals surface area (Å²) in [6.07, 6.45) is 0. The van der Waals surface area contributed by atoms with Crippen molar-refractivity contribution in [2.45, 2.75) is 13.2 Å². The number of anilines is 1. The van der Waals surface area contributed by atoms with Gasteiger partial charge in [-0.05, 0) is 35.4 Å². The van der Waals surface area contributed by atoms with Gasteiger partial charge in [-0.15, -0.1) is 0 Å². The van der Waals surface area contributed by atoms with Crippen LogP contribution in [0, 0.1) is 5.82 Å². The zero-order chi connectivity index (χ0) is 13.7. The summed E-state index contributed by atoms with van der Waals surface area (Å²) < 4.78 is 18.9. The Labute approximate surface area is 120 Å². The fraction of sp³-hybridized carbons (Fsp3) is 0.200. The number of rotatable bonds is 5. The van der Waals surface area contributed by atoms with Gasteiger partial charge in [-0.2, -0.15) is 0 Å². The minimum atomic E-state index is -0.238. The molecule has 0 unspecified atom stereocenters. The topological polar surface area (TPSA) is 21.3 Å². The molecule has 0 radical (unpaired) electrons. The molecule has 0 aliphatic rings. The summed E-state index contributed by atoms with van der Waals surface area (Å²) in [5, 5.41) is 3.31. The van der Waals surface area contributed by atoms with Gasteiger partial charge in [0.25, 0.3) is 0 Å². The molecule has 0 aliphatic heterocycles. The molecule has 19 heavy (non-hydrogen) atoms. The Morgan fingerprint density at radius 2 is 2.05 bits per heavy atom. The third-order valence-electron chi connectivity index (χ3n) is 2.74. The Bertz CT molecular complexity index is 560. The van der Waals surface area contributed by atoms with Crippen molar-refractivity contribution in [2.75, 3.05) is 12.4 Å². The third-order valence-corrected chi connectivity index (χ3v) is 3.47. The molecule has 2 aromatic rings. The molecule has 2 rings (SSSR count). The van der Waals surface area contributed by atoms with Crippen molar-refractivity contribution in [1.29, 1.82) is 0 Å². The second-order valence-corrected chi connectivity index (χ2v) is 5.08. The molecule has 4 heteroatoms. The Morgan fingerprint density at radius 1 is 1.21 bits per heavy atom. The molecule has 0 bridgehead atoms. The summed E-state index contributed by atoms with van der Waals surface area (Å²) in [6, 6.07) is 12.7. The highest BCUT2D eigenvalue weighted by atomic mass is 79.9. The zero-order valence-electron chi connectivity index (χ0n) is 10.6. The van der Waals surface area contributed by atoms with Gasteiger partial charge in [0.1, 0.15) is 5.82 Å². The fourth-order valence-corrected chi connectivity index (χ4v) is 2.29. The Morgan fingerprint density at radius 3 is 2.79 bits per heavy atom. The summed E-state index contributed by atoms with van der Waals surface area (Å²) in [7, 11) is 1.68. The molecule has 1 N–H and O–H groups in total. The molecule has 0 amide bonds. The molecule has 0 atom stereocenters. The number of hydrogen-bond donors (Lipinski definition) is 1. The van der Waals surface area contributed by atoms with Gasteiger partial charge in [0.05, 0.1) is 6.61 Å². The fourth-order valence-electron chi connectivity index (χ4n) is 1.80. The van der Waals surface area contributed by atoms with Crippen LogP contribution in [0.15, 0.2) is 46.9 Å². The molecule has 100 valence electrons. The van der Waals surface area contributed by atoms with Crippen molar-refractivity contribution in [3.05, 3.63) is 63.9 Å². The van der Waals surface area contributed by atoms with E-state index in [1.165, 1.54) is 12.1 Å². The second kappa shape index (κ2) is 6.68. The number of methoxy groups -OCH3 is 1. The second-order valence-electron chi connectivity index (χ2n) is 4.22. The normalized spacial score (nSPS) is 10.5. The van der Waals surface area contributed by atoms with Crippen LogP contribution in [0.4, 0.5) is 10.1 Å². The lowest BCUT2D eigenvalue weighted by atomic mass is 10.2. The lowest BCUT2D eigenvalue weighted by Gasteiger charge is -2.09. The largest absolute Gasteiger partial charge is 0.381 e. The standard InChI is InChI=1S/C15H15BrFNO/c1-19-10-11-3-2-4-14(7-11)18-9-12-5-6-13(17)8-15(12)16/h2-8,18H,9-10H2,1H3. The van der Waals surface area contributed by atoms with E-state index in [2.05, 4.69) is 21.2 Å². The van der Waals surface area contributed by atoms with Gasteiger partial charge in [0.15, 0.2) is 0 Å². The van der Waals surface area contributed by atoms with E-state index in [0.29, 0.717) is 13.2 Å². The molecule has 0 saturated heterocycles. The maximum absolute atomic E-state index is 13.0. The molecule has 0 aromatic heterocycles. The van der Waals surface area contributed by atoms with Crippen molar-refractivity contribution < 1.29 is 9.13 Å². The minimum absolute atomic E-state index is 0.238. The van der Waals surface area contributed by atoms with Crippen LogP contribution in [0.5, 0.6) is 0 Å². The quantitative estimate of drug-likeness (QED) is 0.883. The summed E-state index contributed by atoms with van der Waals surface area (Å²) in [4.78, 5) is 0. The van der Waals surface area contributed by atoms with Gasteiger partial charge >= 0.3 is 0 Å². The summed E-state index contributed by atoms with van der Waals surface area (Å²) in [5.74, 6) is -0.238. The van der Waals surface area contributed by atoms with E-state index in [1.54, 1.807) is 13.2 Å². The van der Waals surface area contributed by atoms with Gasteiger partial charge in [-0.25, -0.2) is 4.39 Å². The first-order chi connectivity index (χ1) is 9.19. The first-order valence-electron chi connectivity index (χ1n) is 5.94. The molecular weight excluding hydrogens is 309 g/mol. The summed E-state index contributed by atoms with van der Waals surface area (Å²) in [6.45, 7) is 1.23. The van der Waals surface area contributed by atoms with E-state index < -0.39 is 0 Å². The highest BCUT2D eigenvalue weighted by Crippen LogP contribution is 2.20. The first kappa shape index (κ1) is 14.0. The van der Waals surface area contributed by atoms with Crippen LogP contribution in [-0.2, 0) is 17.9 Å². The molecule has 2 nitrogen and oxygen atoms in total. The van der Waals surface area contributed by atoms with Crippen LogP contribution in [0.1, 0.15) is 11.1 Å². The van der Waals surface area contributed by atoms with Crippen LogP contribution in [0.25, 0.3) is 0 Å². The van der Waals surface area contributed by atoms with Crippen LogP contribution >= 0.6 is 15.9 Å². The molecule has 0 saturated carbocycles. The monoisotopic (exact) mass is 323 g/mol. The average Bonchev–Trinajstić information content (AvgIpc) is 2.38. The van der Waals surface area contributed by atoms with Crippen LogP contribution < -0.4 is 5.32 Å². The maximum Gasteiger partial charge on any atom is 0.124 e. The van der Waals surface area contributed by atoms with Crippen molar-refractivity contribution >= 4 is 21.6 Å². The van der Waals surface area contributed by atoms with Crippen molar-refractivity contribution in [3.63, 3.8) is 0 Å². The summed E-state index contributed by atoms with van der Waals surface area (Å²) in [5.41, 5.74) is 3.15. The van der Waals surface area contributed by atoms with Gasteiger partial charge in [-0.3, -0.25) is 0 Å². The van der Waals surface area contributed by atoms with Crippen molar-refractivity contribution in [1.82, 2.24) is 0 Å². The number of halogens is 2. The zero-order valence-corrected chi connectivity index (χ0v) is 12.2. The SMILES string of the molecule is COCc1cccc(NCc2ccc(F)cc2Br)c1. The summed E-state index contributed by atoms with van der Waals surface area (Å²) >= 11 is 3.36. The van der Waals surface area contributed by atoms with Gasteiger partial charge in [0, 0.05) is 23.8 Å². The van der Waals surface area contributed by atoms with Gasteiger partial charge in [0.2, 0.25) is 0 Å². The molecule has 2 aromatic carbocycles. The number of ether oxygens (including phenoxy) is 1. The van der Waals surface area contributed by atoms with Crippen LogP contribution in [0.3, 0.4) is 0 Å². The highest BCUT2D eigenvalue weighted by molar-refractivity contribution is 9.10. The number of hydrogen-bond acceptors (Lipinski definition) is 2.